The summed E-state index contributed by atoms with van der Waals surface area (Å²) in [6.45, 7) is 2.53. The Morgan fingerprint density at radius 2 is 1.83 bits per heavy atom. The first-order chi connectivity index (χ1) is 17.5. The van der Waals surface area contributed by atoms with Gasteiger partial charge in [-0.3, -0.25) is 19.5 Å². The van der Waals surface area contributed by atoms with Crippen LogP contribution in [0.25, 0.3) is 10.9 Å². The lowest BCUT2D eigenvalue weighted by Gasteiger charge is -2.19. The molecule has 0 saturated carbocycles. The summed E-state index contributed by atoms with van der Waals surface area (Å²) < 4.78 is 14.3. The van der Waals surface area contributed by atoms with Crippen LogP contribution in [0.2, 0.25) is 0 Å². The van der Waals surface area contributed by atoms with Gasteiger partial charge in [-0.25, -0.2) is 4.98 Å². The van der Waals surface area contributed by atoms with Gasteiger partial charge in [0, 0.05) is 10.0 Å². The average molecular weight is 548 g/mol. The first-order valence-electron chi connectivity index (χ1n) is 12.0. The molecule has 0 aliphatic carbocycles. The summed E-state index contributed by atoms with van der Waals surface area (Å²) in [5, 5.41) is 3.22. The fourth-order valence-electron chi connectivity index (χ4n) is 4.53. The van der Waals surface area contributed by atoms with Crippen LogP contribution >= 0.6 is 15.9 Å². The maximum Gasteiger partial charge on any atom is 0.266 e. The molecule has 4 aromatic rings. The zero-order valence-corrected chi connectivity index (χ0v) is 21.4. The zero-order chi connectivity index (χ0) is 25.1. The van der Waals surface area contributed by atoms with Crippen molar-refractivity contribution in [3.05, 3.63) is 98.7 Å². The van der Waals surface area contributed by atoms with Gasteiger partial charge in [0.05, 0.1) is 30.9 Å². The Balaban J connectivity index is 1.54. The third-order valence-electron chi connectivity index (χ3n) is 6.21. The van der Waals surface area contributed by atoms with Crippen LogP contribution in [0.1, 0.15) is 41.8 Å². The van der Waals surface area contributed by atoms with E-state index in [1.165, 1.54) is 4.57 Å². The zero-order valence-electron chi connectivity index (χ0n) is 19.8. The van der Waals surface area contributed by atoms with E-state index >= 15 is 0 Å². The first kappa shape index (κ1) is 24.2. The summed E-state index contributed by atoms with van der Waals surface area (Å²) in [5.41, 5.74) is 1.74. The van der Waals surface area contributed by atoms with Gasteiger partial charge in [0.1, 0.15) is 11.1 Å². The molecule has 5 rings (SSSR count). The molecule has 2 unspecified atom stereocenters. The van der Waals surface area contributed by atoms with Crippen LogP contribution in [0, 0.1) is 0 Å². The van der Waals surface area contributed by atoms with Crippen LogP contribution < -0.4 is 15.6 Å². The summed E-state index contributed by atoms with van der Waals surface area (Å²) in [5.74, 6) is 0.280. The van der Waals surface area contributed by atoms with Crippen molar-refractivity contribution in [3.8, 4) is 5.75 Å². The molecule has 36 heavy (non-hydrogen) atoms. The minimum absolute atomic E-state index is 0.0300. The van der Waals surface area contributed by atoms with E-state index in [4.69, 9.17) is 9.47 Å². The maximum absolute atomic E-state index is 13.8. The lowest BCUT2D eigenvalue weighted by molar-refractivity contribution is 0.0347. The van der Waals surface area contributed by atoms with Crippen LogP contribution in [0.3, 0.4) is 0 Å². The Labute approximate surface area is 217 Å². The van der Waals surface area contributed by atoms with Crippen molar-refractivity contribution in [3.63, 3.8) is 0 Å². The summed E-state index contributed by atoms with van der Waals surface area (Å²) in [4.78, 5) is 31.5. The van der Waals surface area contributed by atoms with E-state index in [2.05, 4.69) is 38.4 Å². The lowest BCUT2D eigenvalue weighted by Crippen LogP contribution is -2.31. The fourth-order valence-corrected chi connectivity index (χ4v) is 4.96. The Bertz CT molecular complexity index is 1440. The summed E-state index contributed by atoms with van der Waals surface area (Å²) in [6.07, 6.45) is 1.41. The molecular weight excluding hydrogens is 522 g/mol. The van der Waals surface area contributed by atoms with Gasteiger partial charge in [-0.2, -0.15) is 0 Å². The molecule has 0 bridgehead atoms. The normalized spacial score (nSPS) is 17.3. The largest absolute Gasteiger partial charge is 0.493 e. The Kier molecular flexibility index (Phi) is 7.16. The van der Waals surface area contributed by atoms with Gasteiger partial charge in [0.2, 0.25) is 5.95 Å². The van der Waals surface area contributed by atoms with Gasteiger partial charge in [0.15, 0.2) is 0 Å². The molecule has 0 spiro atoms. The molecule has 1 N–H and O–H groups in total. The van der Waals surface area contributed by atoms with E-state index in [0.29, 0.717) is 28.8 Å². The van der Waals surface area contributed by atoms with Crippen molar-refractivity contribution in [2.75, 3.05) is 11.9 Å². The minimum atomic E-state index is -0.342. The second-order valence-electron chi connectivity index (χ2n) is 8.64. The molecule has 8 heteroatoms. The predicted molar refractivity (Wildman–Crippen MR) is 143 cm³/mol. The predicted octanol–water partition coefficient (Wildman–Crippen LogP) is 5.73. The van der Waals surface area contributed by atoms with E-state index in [9.17, 15) is 9.59 Å². The van der Waals surface area contributed by atoms with Crippen LogP contribution in [-0.4, -0.2) is 28.2 Å². The van der Waals surface area contributed by atoms with Gasteiger partial charge in [0.25, 0.3) is 11.5 Å². The molecule has 2 atom stereocenters. The van der Waals surface area contributed by atoms with Crippen molar-refractivity contribution in [1.82, 2.24) is 9.55 Å². The van der Waals surface area contributed by atoms with E-state index in [-0.39, 0.29) is 36.2 Å². The number of nitrogens with zero attached hydrogens (tertiary/aromatic N) is 2. The Morgan fingerprint density at radius 3 is 2.56 bits per heavy atom. The maximum atomic E-state index is 13.8. The first-order valence-corrected chi connectivity index (χ1v) is 12.8. The molecule has 1 aliphatic heterocycles. The third kappa shape index (κ3) is 5.05. The number of benzene rings is 3. The van der Waals surface area contributed by atoms with E-state index in [1.807, 2.05) is 31.2 Å². The van der Waals surface area contributed by atoms with Gasteiger partial charge >= 0.3 is 0 Å². The number of fused-ring (bicyclic) bond motifs is 1. The number of amides is 1. The van der Waals surface area contributed by atoms with Crippen molar-refractivity contribution in [2.45, 2.75) is 38.5 Å². The van der Waals surface area contributed by atoms with Crippen LogP contribution in [-0.2, 0) is 11.3 Å². The molecule has 1 aliphatic rings. The van der Waals surface area contributed by atoms with Crippen molar-refractivity contribution in [1.29, 1.82) is 0 Å². The van der Waals surface area contributed by atoms with Crippen molar-refractivity contribution >= 4 is 38.7 Å². The molecule has 1 aromatic heterocycles. The molecule has 7 nitrogen and oxygen atoms in total. The van der Waals surface area contributed by atoms with E-state index < -0.39 is 0 Å². The number of aromatic nitrogens is 2. The Morgan fingerprint density at radius 1 is 1.11 bits per heavy atom. The molecular formula is C28H26BrN3O4. The highest BCUT2D eigenvalue weighted by Gasteiger charge is 2.29. The molecule has 0 radical (unpaired) electrons. The number of hydrogen-bond donors (Lipinski definition) is 1. The monoisotopic (exact) mass is 547 g/mol. The number of ether oxygens (including phenoxy) is 2. The molecule has 3 aromatic carbocycles. The SMILES string of the molecule is CCOc1cc(Br)cc2nc(NC(=O)c3ccccc3)n(CC3CCC(c4ccccc4)O3)c(=O)c12. The van der Waals surface area contributed by atoms with Crippen molar-refractivity contribution < 1.29 is 14.3 Å². The number of carbonyl (C=O) groups is 1. The van der Waals surface area contributed by atoms with E-state index in [0.717, 1.165) is 22.9 Å². The second-order valence-corrected chi connectivity index (χ2v) is 9.55. The quantitative estimate of drug-likeness (QED) is 0.319. The summed E-state index contributed by atoms with van der Waals surface area (Å²) >= 11 is 3.47. The topological polar surface area (TPSA) is 82.4 Å². The number of halogens is 1. The smallest absolute Gasteiger partial charge is 0.266 e. The lowest BCUT2D eigenvalue weighted by atomic mass is 10.1. The minimum Gasteiger partial charge on any atom is -0.493 e. The van der Waals surface area contributed by atoms with Crippen LogP contribution in [0.4, 0.5) is 5.95 Å². The number of carbonyl (C=O) groups excluding carboxylic acids is 1. The molecule has 1 saturated heterocycles. The highest BCUT2D eigenvalue weighted by Crippen LogP contribution is 2.34. The van der Waals surface area contributed by atoms with Crippen LogP contribution in [0.15, 0.2) is 82.1 Å². The Hall–Kier alpha value is -3.49. The second kappa shape index (κ2) is 10.6. The number of rotatable bonds is 7. The summed E-state index contributed by atoms with van der Waals surface area (Å²) in [6, 6.07) is 22.4. The van der Waals surface area contributed by atoms with Crippen molar-refractivity contribution in [2.24, 2.45) is 0 Å². The summed E-state index contributed by atoms with van der Waals surface area (Å²) in [7, 11) is 0. The van der Waals surface area contributed by atoms with Gasteiger partial charge < -0.3 is 9.47 Å². The molecule has 1 amide bonds. The standard InChI is InChI=1S/C28H26BrN3O4/c1-2-35-24-16-20(29)15-22-25(24)27(34)32(28(30-22)31-26(33)19-11-7-4-8-12-19)17-21-13-14-23(36-21)18-9-5-3-6-10-18/h3-12,15-16,21,23H,2,13-14,17H2,1H3,(H,30,31,33). The molecule has 2 heterocycles. The fraction of sp³-hybridized carbons (Fsp3) is 0.250. The molecule has 184 valence electrons. The number of nitrogens with one attached hydrogen (secondary N) is 1. The van der Waals surface area contributed by atoms with Gasteiger partial charge in [-0.15, -0.1) is 0 Å². The van der Waals surface area contributed by atoms with Gasteiger partial charge in [-0.1, -0.05) is 64.5 Å². The number of anilines is 1. The van der Waals surface area contributed by atoms with Crippen LogP contribution in [0.5, 0.6) is 5.75 Å². The number of hydrogen-bond acceptors (Lipinski definition) is 5. The van der Waals surface area contributed by atoms with E-state index in [1.54, 1.807) is 36.4 Å². The van der Waals surface area contributed by atoms with Gasteiger partial charge in [-0.05, 0) is 49.6 Å². The highest BCUT2D eigenvalue weighted by molar-refractivity contribution is 9.10. The average Bonchev–Trinajstić information content (AvgIpc) is 3.36. The highest BCUT2D eigenvalue weighted by atomic mass is 79.9. The third-order valence-corrected chi connectivity index (χ3v) is 6.67. The molecule has 1 fully saturated rings.